The predicted octanol–water partition coefficient (Wildman–Crippen LogP) is 2.94. The molecule has 2 atom stereocenters. The molecule has 8 heteroatoms. The number of hydrogen-bond acceptors (Lipinski definition) is 5. The van der Waals surface area contributed by atoms with Crippen LogP contribution in [0, 0.1) is 6.92 Å². The van der Waals surface area contributed by atoms with Crippen LogP contribution in [0.25, 0.3) is 0 Å². The smallest absolute Gasteiger partial charge is 0.330 e. The van der Waals surface area contributed by atoms with Crippen LogP contribution in [0.15, 0.2) is 40.6 Å². The monoisotopic (exact) mass is 433 g/mol. The van der Waals surface area contributed by atoms with Crippen LogP contribution in [0.5, 0.6) is 0 Å². The highest BCUT2D eigenvalue weighted by Gasteiger charge is 2.39. The first-order chi connectivity index (χ1) is 11.3. The van der Waals surface area contributed by atoms with Gasteiger partial charge in [-0.25, -0.2) is 13.2 Å². The summed E-state index contributed by atoms with van der Waals surface area (Å²) in [6, 6.07) is 6.78. The first-order valence-electron chi connectivity index (χ1n) is 7.43. The summed E-state index contributed by atoms with van der Waals surface area (Å²) in [5.74, 6) is 0.164. The number of ether oxygens (including phenoxy) is 1. The van der Waals surface area contributed by atoms with Gasteiger partial charge >= 0.3 is 5.97 Å². The molecular formula is C16H20BrNO4S2. The van der Waals surface area contributed by atoms with Gasteiger partial charge < -0.3 is 4.74 Å². The SMILES string of the molecule is COC(=O)/C=C/SC[C@@H]1CC(Br)CN1S(=O)(=O)c1ccc(C)cc1. The molecular weight excluding hydrogens is 414 g/mol. The lowest BCUT2D eigenvalue weighted by molar-refractivity contribution is -0.134. The van der Waals surface area contributed by atoms with Crippen LogP contribution in [0.2, 0.25) is 0 Å². The molecule has 24 heavy (non-hydrogen) atoms. The van der Waals surface area contributed by atoms with E-state index in [1.54, 1.807) is 34.0 Å². The molecule has 0 bridgehead atoms. The summed E-state index contributed by atoms with van der Waals surface area (Å²) < 4.78 is 31.9. The Hall–Kier alpha value is -0.830. The molecule has 1 heterocycles. The fraction of sp³-hybridized carbons (Fsp3) is 0.438. The number of esters is 1. The van der Waals surface area contributed by atoms with Gasteiger partial charge in [-0.3, -0.25) is 0 Å². The molecule has 1 aliphatic rings. The van der Waals surface area contributed by atoms with E-state index in [0.717, 1.165) is 12.0 Å². The molecule has 1 saturated heterocycles. The van der Waals surface area contributed by atoms with E-state index < -0.39 is 16.0 Å². The average Bonchev–Trinajstić information content (AvgIpc) is 2.93. The Morgan fingerprint density at radius 1 is 1.42 bits per heavy atom. The van der Waals surface area contributed by atoms with Crippen LogP contribution in [0.3, 0.4) is 0 Å². The van der Waals surface area contributed by atoms with Gasteiger partial charge in [0.2, 0.25) is 10.0 Å². The van der Waals surface area contributed by atoms with E-state index in [-0.39, 0.29) is 10.9 Å². The highest BCUT2D eigenvalue weighted by molar-refractivity contribution is 9.09. The van der Waals surface area contributed by atoms with Gasteiger partial charge in [0.05, 0.1) is 12.0 Å². The summed E-state index contributed by atoms with van der Waals surface area (Å²) in [5, 5.41) is 1.64. The third-order valence-electron chi connectivity index (χ3n) is 3.73. The van der Waals surface area contributed by atoms with Crippen molar-refractivity contribution in [1.82, 2.24) is 4.31 Å². The Morgan fingerprint density at radius 2 is 2.08 bits per heavy atom. The third-order valence-corrected chi connectivity index (χ3v) is 7.23. The lowest BCUT2D eigenvalue weighted by Crippen LogP contribution is -2.37. The minimum Gasteiger partial charge on any atom is -0.466 e. The highest BCUT2D eigenvalue weighted by Crippen LogP contribution is 2.31. The molecule has 1 aliphatic heterocycles. The molecule has 0 aromatic heterocycles. The molecule has 1 unspecified atom stereocenters. The maximum Gasteiger partial charge on any atom is 0.330 e. The molecule has 0 saturated carbocycles. The molecule has 1 fully saturated rings. The van der Waals surface area contributed by atoms with Crippen LogP contribution in [0.1, 0.15) is 12.0 Å². The number of methoxy groups -OCH3 is 1. The number of carbonyl (C=O) groups is 1. The van der Waals surface area contributed by atoms with Gasteiger partial charge in [0.15, 0.2) is 0 Å². The van der Waals surface area contributed by atoms with E-state index in [9.17, 15) is 13.2 Å². The topological polar surface area (TPSA) is 63.7 Å². The number of benzene rings is 1. The van der Waals surface area contributed by atoms with Gasteiger partial charge in [0, 0.05) is 29.2 Å². The molecule has 132 valence electrons. The van der Waals surface area contributed by atoms with Gasteiger partial charge in [0.1, 0.15) is 0 Å². The second-order valence-corrected chi connectivity index (χ2v) is 9.66. The normalized spacial score (nSPS) is 22.1. The molecule has 1 aromatic rings. The Labute approximate surface area is 155 Å². The molecule has 0 radical (unpaired) electrons. The summed E-state index contributed by atoms with van der Waals surface area (Å²) in [4.78, 5) is 11.5. The fourth-order valence-electron chi connectivity index (χ4n) is 2.46. The van der Waals surface area contributed by atoms with Crippen molar-refractivity contribution in [3.05, 3.63) is 41.3 Å². The Kier molecular flexibility index (Phi) is 6.91. The van der Waals surface area contributed by atoms with E-state index >= 15 is 0 Å². The van der Waals surface area contributed by atoms with E-state index in [2.05, 4.69) is 20.7 Å². The third kappa shape index (κ3) is 4.84. The fourth-order valence-corrected chi connectivity index (χ4v) is 6.03. The van der Waals surface area contributed by atoms with Crippen LogP contribution >= 0.6 is 27.7 Å². The Morgan fingerprint density at radius 3 is 2.71 bits per heavy atom. The summed E-state index contributed by atoms with van der Waals surface area (Å²) in [6.45, 7) is 2.37. The molecule has 0 N–H and O–H groups in total. The second kappa shape index (κ2) is 8.51. The van der Waals surface area contributed by atoms with Gasteiger partial charge in [-0.1, -0.05) is 33.6 Å². The van der Waals surface area contributed by atoms with E-state index in [4.69, 9.17) is 0 Å². The van der Waals surface area contributed by atoms with Crippen LogP contribution in [0.4, 0.5) is 0 Å². The van der Waals surface area contributed by atoms with Crippen molar-refractivity contribution in [3.63, 3.8) is 0 Å². The molecule has 0 amide bonds. The van der Waals surface area contributed by atoms with Crippen molar-refractivity contribution in [2.75, 3.05) is 19.4 Å². The standard InChI is InChI=1S/C16H20BrNO4S2/c1-12-3-5-15(6-4-12)24(20,21)18-10-13(17)9-14(18)11-23-8-7-16(19)22-2/h3-8,13-14H,9-11H2,1-2H3/b8-7+/t13?,14-/m0/s1. The number of alkyl halides is 1. The van der Waals surface area contributed by atoms with E-state index in [0.29, 0.717) is 17.2 Å². The second-order valence-electron chi connectivity index (χ2n) is 5.53. The summed E-state index contributed by atoms with van der Waals surface area (Å²) in [5.41, 5.74) is 1.02. The number of carbonyl (C=O) groups excluding carboxylic acids is 1. The molecule has 0 spiro atoms. The lowest BCUT2D eigenvalue weighted by Gasteiger charge is -2.23. The predicted molar refractivity (Wildman–Crippen MR) is 99.8 cm³/mol. The molecule has 5 nitrogen and oxygen atoms in total. The lowest BCUT2D eigenvalue weighted by atomic mass is 10.2. The molecule has 0 aliphatic carbocycles. The maximum atomic E-state index is 12.9. The van der Waals surface area contributed by atoms with Crippen LogP contribution < -0.4 is 0 Å². The zero-order chi connectivity index (χ0) is 17.7. The number of rotatable bonds is 6. The van der Waals surface area contributed by atoms with Gasteiger partial charge in [-0.2, -0.15) is 4.31 Å². The maximum absolute atomic E-state index is 12.9. The minimum atomic E-state index is -3.52. The van der Waals surface area contributed by atoms with Gasteiger partial charge in [0.25, 0.3) is 0 Å². The number of sulfonamides is 1. The van der Waals surface area contributed by atoms with E-state index in [1.165, 1.54) is 24.9 Å². The van der Waals surface area contributed by atoms with Crippen molar-refractivity contribution < 1.29 is 17.9 Å². The largest absolute Gasteiger partial charge is 0.466 e. The van der Waals surface area contributed by atoms with E-state index in [1.807, 2.05) is 6.92 Å². The minimum absolute atomic E-state index is 0.118. The number of thioether (sulfide) groups is 1. The van der Waals surface area contributed by atoms with Crippen molar-refractivity contribution >= 4 is 43.7 Å². The number of nitrogens with zero attached hydrogens (tertiary/aromatic N) is 1. The Bertz CT molecular complexity index is 703. The number of hydrogen-bond donors (Lipinski definition) is 0. The summed E-state index contributed by atoms with van der Waals surface area (Å²) in [7, 11) is -2.20. The zero-order valence-electron chi connectivity index (χ0n) is 13.5. The molecule has 1 aromatic carbocycles. The summed E-state index contributed by atoms with van der Waals surface area (Å²) >= 11 is 4.94. The van der Waals surface area contributed by atoms with Crippen molar-refractivity contribution in [3.8, 4) is 0 Å². The first-order valence-corrected chi connectivity index (χ1v) is 10.8. The first kappa shape index (κ1) is 19.5. The zero-order valence-corrected chi connectivity index (χ0v) is 16.7. The van der Waals surface area contributed by atoms with Crippen molar-refractivity contribution in [1.29, 1.82) is 0 Å². The molecule has 2 rings (SSSR count). The quantitative estimate of drug-likeness (QED) is 0.392. The van der Waals surface area contributed by atoms with Crippen LogP contribution in [-0.2, 0) is 19.6 Å². The Balaban J connectivity index is 2.10. The van der Waals surface area contributed by atoms with Gasteiger partial charge in [-0.15, -0.1) is 11.8 Å². The summed E-state index contributed by atoms with van der Waals surface area (Å²) in [6.07, 6.45) is 2.08. The number of halogens is 1. The number of aryl methyl sites for hydroxylation is 1. The van der Waals surface area contributed by atoms with Crippen molar-refractivity contribution in [2.45, 2.75) is 29.1 Å². The average molecular weight is 434 g/mol. The van der Waals surface area contributed by atoms with Crippen molar-refractivity contribution in [2.24, 2.45) is 0 Å². The van der Waals surface area contributed by atoms with Gasteiger partial charge in [-0.05, 0) is 30.9 Å². The van der Waals surface area contributed by atoms with Crippen LogP contribution in [-0.4, -0.2) is 49.0 Å². The highest BCUT2D eigenvalue weighted by atomic mass is 79.9.